The van der Waals surface area contributed by atoms with Gasteiger partial charge in [-0.05, 0) is 0 Å². The first-order valence-electron chi connectivity index (χ1n) is 0.730. The zero-order chi connectivity index (χ0) is 4.50. The Morgan fingerprint density at radius 2 is 1.12 bits per heavy atom. The number of hydrogen-bond donors (Lipinski definition) is 0. The Morgan fingerprint density at radius 3 is 1.12 bits per heavy atom. The second kappa shape index (κ2) is 7.55. The Balaban J connectivity index is -0.0000000267. The Morgan fingerprint density at radius 1 is 1.12 bits per heavy atom. The standard InChI is InChI=1S/Mn.H3O4P.2H2O/c;1-5(2,3)4;;/h;(H3,1,2,3,4);2*1H2/q+4;;;/p-4. The van der Waals surface area contributed by atoms with Crippen LogP contribution in [0, 0.1) is 0 Å². The van der Waals surface area contributed by atoms with E-state index in [1.54, 1.807) is 0 Å². The van der Waals surface area contributed by atoms with Crippen LogP contribution in [0.25, 0.3) is 0 Å². The predicted molar refractivity (Wildman–Crippen MR) is 13.2 cm³/mol. The molecule has 0 aliphatic rings. The van der Waals surface area contributed by atoms with Gasteiger partial charge in [-0.3, -0.25) is 0 Å². The van der Waals surface area contributed by atoms with Gasteiger partial charge in [0.15, 0.2) is 0 Å². The SMILES string of the molecule is O.O=P([O-])([O-])[O-].[Mn+4].[OH-]. The van der Waals surface area contributed by atoms with E-state index in [2.05, 4.69) is 0 Å². The largest absolute Gasteiger partial charge is 4.00 e. The second-order valence-electron chi connectivity index (χ2n) is 0.447. The molecule has 0 saturated carbocycles. The minimum Gasteiger partial charge on any atom is -0.870 e. The number of hydrogen-bond acceptors (Lipinski definition) is 5. The summed E-state index contributed by atoms with van der Waals surface area (Å²) in [6, 6.07) is 0. The maximum atomic E-state index is 8.55. The zero-order valence-corrected chi connectivity index (χ0v) is 5.48. The molecule has 0 spiro atoms. The molecule has 8 heavy (non-hydrogen) atoms. The minimum absolute atomic E-state index is 0. The van der Waals surface area contributed by atoms with E-state index in [-0.39, 0.29) is 28.0 Å². The number of rotatable bonds is 0. The van der Waals surface area contributed by atoms with Crippen molar-refractivity contribution in [3.63, 3.8) is 0 Å². The summed E-state index contributed by atoms with van der Waals surface area (Å²) in [4.78, 5) is 25.6. The Hall–Kier alpha value is 0.549. The molecule has 3 N–H and O–H groups in total. The Kier molecular flexibility index (Phi) is 22.2. The minimum atomic E-state index is -5.39. The topological polar surface area (TPSA) is 148 Å². The van der Waals surface area contributed by atoms with Crippen LogP contribution in [0.3, 0.4) is 0 Å². The van der Waals surface area contributed by atoms with Gasteiger partial charge in [-0.25, -0.2) is 0 Å². The van der Waals surface area contributed by atoms with Crippen LogP contribution in [0.2, 0.25) is 0 Å². The molecule has 0 aliphatic heterocycles. The van der Waals surface area contributed by atoms with Gasteiger partial charge in [-0.15, -0.1) is 0 Å². The third-order valence-electron chi connectivity index (χ3n) is 0. The van der Waals surface area contributed by atoms with Gasteiger partial charge in [0.25, 0.3) is 0 Å². The molecular weight excluding hydrogens is 182 g/mol. The predicted octanol–water partition coefficient (Wildman–Crippen LogP) is -3.83. The van der Waals surface area contributed by atoms with Gasteiger partial charge in [0, 0.05) is 0 Å². The summed E-state index contributed by atoms with van der Waals surface area (Å²) >= 11 is 0. The van der Waals surface area contributed by atoms with Crippen LogP contribution >= 0.6 is 7.82 Å². The molecule has 0 amide bonds. The summed E-state index contributed by atoms with van der Waals surface area (Å²) in [5.74, 6) is 0. The smallest absolute Gasteiger partial charge is 0.870 e. The van der Waals surface area contributed by atoms with Crippen molar-refractivity contribution in [2.24, 2.45) is 0 Å². The first-order valence-corrected chi connectivity index (χ1v) is 2.19. The van der Waals surface area contributed by atoms with E-state index >= 15 is 0 Å². The molecule has 8 heteroatoms. The van der Waals surface area contributed by atoms with Gasteiger partial charge in [-0.2, -0.15) is 7.82 Å². The summed E-state index contributed by atoms with van der Waals surface area (Å²) in [7, 11) is -5.39. The van der Waals surface area contributed by atoms with Gasteiger partial charge in [-0.1, -0.05) is 0 Å². The molecular formula is H3MnO6P. The molecule has 0 rings (SSSR count). The van der Waals surface area contributed by atoms with E-state index in [0.717, 1.165) is 0 Å². The summed E-state index contributed by atoms with van der Waals surface area (Å²) in [6.45, 7) is 0. The van der Waals surface area contributed by atoms with Gasteiger partial charge in [0.2, 0.25) is 0 Å². The van der Waals surface area contributed by atoms with E-state index in [1.807, 2.05) is 0 Å². The average Bonchev–Trinajstić information content (AvgIpc) is 0.722. The maximum Gasteiger partial charge on any atom is 4.00 e. The summed E-state index contributed by atoms with van der Waals surface area (Å²) in [5.41, 5.74) is 0. The molecule has 0 aromatic heterocycles. The van der Waals surface area contributed by atoms with E-state index in [0.29, 0.717) is 0 Å². The summed E-state index contributed by atoms with van der Waals surface area (Å²) in [5, 5.41) is 0. The fraction of sp³-hybridized carbons (Fsp3) is 0. The van der Waals surface area contributed by atoms with Gasteiger partial charge >= 0.3 is 17.1 Å². The summed E-state index contributed by atoms with van der Waals surface area (Å²) < 4.78 is 8.55. The van der Waals surface area contributed by atoms with Gasteiger partial charge < -0.3 is 30.2 Å². The van der Waals surface area contributed by atoms with Crippen LogP contribution in [0.1, 0.15) is 0 Å². The van der Waals surface area contributed by atoms with Crippen molar-refractivity contribution in [3.05, 3.63) is 0 Å². The van der Waals surface area contributed by atoms with Crippen molar-refractivity contribution in [2.75, 3.05) is 0 Å². The van der Waals surface area contributed by atoms with Gasteiger partial charge in [0.05, 0.1) is 0 Å². The Labute approximate surface area is 55.9 Å². The van der Waals surface area contributed by atoms with E-state index in [4.69, 9.17) is 19.2 Å². The molecule has 0 atom stereocenters. The molecule has 6 nitrogen and oxygen atoms in total. The molecule has 0 bridgehead atoms. The van der Waals surface area contributed by atoms with Crippen LogP contribution in [-0.2, 0) is 21.6 Å². The molecule has 0 saturated heterocycles. The van der Waals surface area contributed by atoms with Crippen molar-refractivity contribution >= 4 is 7.82 Å². The fourth-order valence-electron chi connectivity index (χ4n) is 0. The molecule has 0 aromatic rings. The second-order valence-corrected chi connectivity index (χ2v) is 1.34. The zero-order valence-electron chi connectivity index (χ0n) is 3.41. The van der Waals surface area contributed by atoms with Crippen molar-refractivity contribution in [1.82, 2.24) is 0 Å². The first kappa shape index (κ1) is 23.5. The van der Waals surface area contributed by atoms with Crippen molar-refractivity contribution in [3.8, 4) is 0 Å². The average molecular weight is 185 g/mol. The van der Waals surface area contributed by atoms with Crippen LogP contribution in [0.4, 0.5) is 0 Å². The van der Waals surface area contributed by atoms with Gasteiger partial charge in [0.1, 0.15) is 0 Å². The molecule has 51 valence electrons. The van der Waals surface area contributed by atoms with Crippen LogP contribution < -0.4 is 14.7 Å². The third-order valence-corrected chi connectivity index (χ3v) is 0. The van der Waals surface area contributed by atoms with E-state index < -0.39 is 7.82 Å². The fourth-order valence-corrected chi connectivity index (χ4v) is 0. The van der Waals surface area contributed by atoms with E-state index in [9.17, 15) is 0 Å². The molecule has 0 unspecified atom stereocenters. The van der Waals surface area contributed by atoms with Crippen molar-refractivity contribution < 1.29 is 47.3 Å². The molecule has 1 radical (unpaired) electrons. The quantitative estimate of drug-likeness (QED) is 0.280. The number of phosphoric acid groups is 1. The van der Waals surface area contributed by atoms with Crippen LogP contribution in [0.15, 0.2) is 0 Å². The monoisotopic (exact) mass is 185 g/mol. The third kappa shape index (κ3) is 668. The molecule has 0 aromatic carbocycles. The van der Waals surface area contributed by atoms with Crippen LogP contribution in [0.5, 0.6) is 0 Å². The Bertz CT molecular complexity index is 54.7. The summed E-state index contributed by atoms with van der Waals surface area (Å²) in [6.07, 6.45) is 0. The molecule has 0 fully saturated rings. The normalized spacial score (nSPS) is 7.38. The van der Waals surface area contributed by atoms with Crippen molar-refractivity contribution in [1.29, 1.82) is 0 Å². The van der Waals surface area contributed by atoms with Crippen LogP contribution in [-0.4, -0.2) is 11.0 Å². The van der Waals surface area contributed by atoms with Crippen molar-refractivity contribution in [2.45, 2.75) is 0 Å². The first-order chi connectivity index (χ1) is 2.00. The molecule has 0 heterocycles. The van der Waals surface area contributed by atoms with E-state index in [1.165, 1.54) is 0 Å². The maximum absolute atomic E-state index is 8.55. The molecule has 0 aliphatic carbocycles.